The van der Waals surface area contributed by atoms with Crippen LogP contribution in [-0.2, 0) is 0 Å². The normalized spacial score (nSPS) is 12.1. The fraction of sp³-hybridized carbons (Fsp3) is 0.148. The monoisotopic (exact) mass is 534 g/mol. The number of fused-ring (bicyclic) bond motifs is 1. The number of nitrogens with two attached hydrogens (primary N) is 1. The molecule has 3 aromatic heterocycles. The standard InChI is InChI=1S/C27H22F4N8/c1-13(37-23-4-3-17(28)5-22(23)25(30)31)19-6-18(29)7-21-20(19)8-24(38-27(21)39-32)15-9-35-26(36-10-15)16-11-33-14(2)34-12-16/h3-13,25,37H,32H2,1-2H3,(H,38,39)/t13-/m1/s1. The number of nitrogens with one attached hydrogen (secondary N) is 2. The molecular weight excluding hydrogens is 512 g/mol. The van der Waals surface area contributed by atoms with Gasteiger partial charge in [0.05, 0.1) is 11.3 Å². The molecule has 0 fully saturated rings. The van der Waals surface area contributed by atoms with Gasteiger partial charge in [0.25, 0.3) is 6.43 Å². The Kier molecular flexibility index (Phi) is 7.03. The molecule has 2 aromatic carbocycles. The van der Waals surface area contributed by atoms with E-state index in [0.29, 0.717) is 44.8 Å². The van der Waals surface area contributed by atoms with E-state index in [1.165, 1.54) is 18.2 Å². The Morgan fingerprint density at radius 1 is 0.795 bits per heavy atom. The summed E-state index contributed by atoms with van der Waals surface area (Å²) in [5.74, 6) is 5.62. The van der Waals surface area contributed by atoms with Crippen molar-refractivity contribution in [2.75, 3.05) is 10.7 Å². The second-order valence-electron chi connectivity index (χ2n) is 8.80. The van der Waals surface area contributed by atoms with Crippen molar-refractivity contribution in [3.05, 3.63) is 89.8 Å². The van der Waals surface area contributed by atoms with Crippen molar-refractivity contribution in [2.24, 2.45) is 5.84 Å². The van der Waals surface area contributed by atoms with Gasteiger partial charge in [-0.2, -0.15) is 0 Å². The quantitative estimate of drug-likeness (QED) is 0.130. The lowest BCUT2D eigenvalue weighted by atomic mass is 9.97. The summed E-state index contributed by atoms with van der Waals surface area (Å²) in [5.41, 5.74) is 4.13. The van der Waals surface area contributed by atoms with E-state index in [1.54, 1.807) is 44.7 Å². The molecule has 4 N–H and O–H groups in total. The number of hydrogen-bond donors (Lipinski definition) is 3. The van der Waals surface area contributed by atoms with Crippen LogP contribution >= 0.6 is 0 Å². The van der Waals surface area contributed by atoms with E-state index >= 15 is 0 Å². The van der Waals surface area contributed by atoms with Gasteiger partial charge in [-0.15, -0.1) is 0 Å². The number of nitrogens with zero attached hydrogens (tertiary/aromatic N) is 5. The maximum Gasteiger partial charge on any atom is 0.265 e. The molecule has 0 radical (unpaired) electrons. The van der Waals surface area contributed by atoms with E-state index in [9.17, 15) is 17.6 Å². The molecule has 0 amide bonds. The summed E-state index contributed by atoms with van der Waals surface area (Å²) in [6.07, 6.45) is 3.50. The molecule has 0 bridgehead atoms. The zero-order valence-electron chi connectivity index (χ0n) is 20.8. The van der Waals surface area contributed by atoms with Crippen LogP contribution in [0.15, 0.2) is 61.2 Å². The Morgan fingerprint density at radius 2 is 1.46 bits per heavy atom. The van der Waals surface area contributed by atoms with Crippen molar-refractivity contribution in [3.8, 4) is 22.6 Å². The molecule has 198 valence electrons. The average Bonchev–Trinajstić information content (AvgIpc) is 2.93. The van der Waals surface area contributed by atoms with Crippen molar-refractivity contribution in [2.45, 2.75) is 26.3 Å². The molecule has 0 spiro atoms. The maximum absolute atomic E-state index is 14.7. The van der Waals surface area contributed by atoms with Crippen LogP contribution in [0.3, 0.4) is 0 Å². The fourth-order valence-corrected chi connectivity index (χ4v) is 4.24. The van der Waals surface area contributed by atoms with Gasteiger partial charge in [-0.1, -0.05) is 0 Å². The first kappa shape index (κ1) is 25.9. The van der Waals surface area contributed by atoms with Gasteiger partial charge in [-0.05, 0) is 61.2 Å². The number of pyridine rings is 1. The van der Waals surface area contributed by atoms with Crippen LogP contribution in [0.1, 0.15) is 36.3 Å². The fourth-order valence-electron chi connectivity index (χ4n) is 4.24. The predicted molar refractivity (Wildman–Crippen MR) is 140 cm³/mol. The number of nitrogen functional groups attached to an aromatic ring is 1. The van der Waals surface area contributed by atoms with Crippen molar-refractivity contribution < 1.29 is 17.6 Å². The third-order valence-corrected chi connectivity index (χ3v) is 6.16. The largest absolute Gasteiger partial charge is 0.378 e. The second-order valence-corrected chi connectivity index (χ2v) is 8.80. The van der Waals surface area contributed by atoms with Gasteiger partial charge >= 0.3 is 0 Å². The molecule has 5 rings (SSSR count). The molecule has 0 aliphatic heterocycles. The van der Waals surface area contributed by atoms with Gasteiger partial charge in [0, 0.05) is 53.0 Å². The van der Waals surface area contributed by atoms with Gasteiger partial charge in [-0.3, -0.25) is 0 Å². The van der Waals surface area contributed by atoms with Crippen LogP contribution in [0.25, 0.3) is 33.4 Å². The Hall–Kier alpha value is -4.71. The Balaban J connectivity index is 1.57. The molecular formula is C27H22F4N8. The summed E-state index contributed by atoms with van der Waals surface area (Å²) < 4.78 is 55.4. The molecule has 0 unspecified atom stereocenters. The average molecular weight is 535 g/mol. The van der Waals surface area contributed by atoms with Gasteiger partial charge in [0.1, 0.15) is 23.3 Å². The SMILES string of the molecule is Cc1ncc(-c2ncc(-c3cc4c([C@@H](C)Nc5ccc(F)cc5C(F)F)cc(F)cc4c(NN)n3)cn2)cn1. The number of halogens is 4. The molecule has 0 saturated heterocycles. The maximum atomic E-state index is 14.7. The van der Waals surface area contributed by atoms with E-state index in [-0.39, 0.29) is 11.5 Å². The summed E-state index contributed by atoms with van der Waals surface area (Å²) in [6, 6.07) is 6.71. The summed E-state index contributed by atoms with van der Waals surface area (Å²) in [5, 5.41) is 3.90. The van der Waals surface area contributed by atoms with Gasteiger partial charge < -0.3 is 10.7 Å². The molecule has 1 atom stereocenters. The summed E-state index contributed by atoms with van der Waals surface area (Å²) in [6.45, 7) is 3.46. The van der Waals surface area contributed by atoms with Crippen molar-refractivity contribution in [1.82, 2.24) is 24.9 Å². The topological polar surface area (TPSA) is 115 Å². The zero-order valence-corrected chi connectivity index (χ0v) is 20.8. The molecule has 8 nitrogen and oxygen atoms in total. The third-order valence-electron chi connectivity index (χ3n) is 6.16. The first-order valence-corrected chi connectivity index (χ1v) is 11.8. The number of anilines is 2. The number of benzene rings is 2. The molecule has 39 heavy (non-hydrogen) atoms. The minimum Gasteiger partial charge on any atom is -0.378 e. The molecule has 3 heterocycles. The summed E-state index contributed by atoms with van der Waals surface area (Å²) in [4.78, 5) is 21.6. The van der Waals surface area contributed by atoms with E-state index < -0.39 is 29.7 Å². The zero-order chi connectivity index (χ0) is 27.7. The molecule has 0 aliphatic carbocycles. The lowest BCUT2D eigenvalue weighted by molar-refractivity contribution is 0.151. The molecule has 0 aliphatic rings. The highest BCUT2D eigenvalue weighted by atomic mass is 19.3. The van der Waals surface area contributed by atoms with E-state index in [1.807, 2.05) is 0 Å². The summed E-state index contributed by atoms with van der Waals surface area (Å²) in [7, 11) is 0. The number of aryl methyl sites for hydroxylation is 1. The van der Waals surface area contributed by atoms with Gasteiger partial charge in [0.15, 0.2) is 5.82 Å². The van der Waals surface area contributed by atoms with Crippen molar-refractivity contribution >= 4 is 22.3 Å². The van der Waals surface area contributed by atoms with Crippen LogP contribution < -0.4 is 16.6 Å². The van der Waals surface area contributed by atoms with Crippen LogP contribution in [-0.4, -0.2) is 24.9 Å². The number of hydrogen-bond acceptors (Lipinski definition) is 8. The number of alkyl halides is 2. The summed E-state index contributed by atoms with van der Waals surface area (Å²) >= 11 is 0. The van der Waals surface area contributed by atoms with E-state index in [0.717, 1.165) is 12.1 Å². The van der Waals surface area contributed by atoms with Crippen molar-refractivity contribution in [3.63, 3.8) is 0 Å². The Morgan fingerprint density at radius 3 is 2.13 bits per heavy atom. The second kappa shape index (κ2) is 10.6. The van der Waals surface area contributed by atoms with Crippen LogP contribution in [0, 0.1) is 18.6 Å². The highest BCUT2D eigenvalue weighted by molar-refractivity contribution is 5.97. The van der Waals surface area contributed by atoms with E-state index in [2.05, 4.69) is 35.7 Å². The van der Waals surface area contributed by atoms with Crippen LogP contribution in [0.5, 0.6) is 0 Å². The highest BCUT2D eigenvalue weighted by Crippen LogP contribution is 2.36. The number of hydrazine groups is 1. The highest BCUT2D eigenvalue weighted by Gasteiger charge is 2.20. The Labute approximate surface area is 220 Å². The minimum atomic E-state index is -2.90. The first-order valence-electron chi connectivity index (χ1n) is 11.8. The van der Waals surface area contributed by atoms with Gasteiger partial charge in [-0.25, -0.2) is 48.3 Å². The van der Waals surface area contributed by atoms with Crippen LogP contribution in [0.2, 0.25) is 0 Å². The number of aromatic nitrogens is 5. The lowest BCUT2D eigenvalue weighted by Crippen LogP contribution is -2.12. The van der Waals surface area contributed by atoms with E-state index in [4.69, 9.17) is 5.84 Å². The Bertz CT molecular complexity index is 1640. The molecule has 0 saturated carbocycles. The third kappa shape index (κ3) is 5.32. The first-order chi connectivity index (χ1) is 18.7. The molecule has 5 aromatic rings. The smallest absolute Gasteiger partial charge is 0.265 e. The lowest BCUT2D eigenvalue weighted by Gasteiger charge is -2.21. The van der Waals surface area contributed by atoms with Crippen LogP contribution in [0.4, 0.5) is 29.1 Å². The van der Waals surface area contributed by atoms with Gasteiger partial charge in [0.2, 0.25) is 0 Å². The van der Waals surface area contributed by atoms with Crippen molar-refractivity contribution in [1.29, 1.82) is 0 Å². The molecule has 12 heteroatoms. The number of rotatable bonds is 7. The predicted octanol–water partition coefficient (Wildman–Crippen LogP) is 6.13. The minimum absolute atomic E-state index is 0.0341.